The first kappa shape index (κ1) is 56.7. The molecule has 418 valence electrons. The number of hydrogen-bond donors (Lipinski definition) is 4. The molecule has 0 unspecified atom stereocenters. The third-order valence-electron chi connectivity index (χ3n) is 17.7. The van der Waals surface area contributed by atoms with E-state index in [1.165, 1.54) is 17.2 Å². The number of nitrogens with zero attached hydrogens (tertiary/aromatic N) is 4. The van der Waals surface area contributed by atoms with E-state index in [-0.39, 0.29) is 104 Å². The highest BCUT2D eigenvalue weighted by Gasteiger charge is 2.50. The average molecular weight is 1130 g/mol. The van der Waals surface area contributed by atoms with E-state index >= 15 is 0 Å². The van der Waals surface area contributed by atoms with Crippen molar-refractivity contribution in [2.75, 3.05) is 53.1 Å². The van der Waals surface area contributed by atoms with Gasteiger partial charge in [-0.05, 0) is 135 Å². The van der Waals surface area contributed by atoms with Gasteiger partial charge in [-0.3, -0.25) is 33.9 Å². The second-order valence-corrected chi connectivity index (χ2v) is 23.9. The lowest BCUT2D eigenvalue weighted by Crippen LogP contribution is -2.49. The fourth-order valence-electron chi connectivity index (χ4n) is 13.1. The van der Waals surface area contributed by atoms with Crippen LogP contribution in [0.2, 0.25) is 0 Å². The number of rotatable bonds is 21. The van der Waals surface area contributed by atoms with Gasteiger partial charge in [0.25, 0.3) is 0 Å². The number of aryl methyl sites for hydroxylation is 1. The maximum Gasteiger partial charge on any atom is 0.418 e. The molecule has 4 heterocycles. The van der Waals surface area contributed by atoms with E-state index in [2.05, 4.69) is 79.2 Å². The molecule has 19 heteroatoms. The molecule has 2 aromatic heterocycles. The minimum atomic E-state index is -4.66. The maximum atomic E-state index is 14.6. The Morgan fingerprint density at radius 2 is 1.64 bits per heavy atom. The summed E-state index contributed by atoms with van der Waals surface area (Å²) in [7, 11) is 1.72. The van der Waals surface area contributed by atoms with E-state index in [4.69, 9.17) is 9.47 Å². The van der Waals surface area contributed by atoms with E-state index < -0.39 is 23.1 Å². The molecule has 5 atom stereocenters. The number of likely N-dealkylation sites (tertiary alicyclic amines) is 1. The molecule has 1 saturated heterocycles. The van der Waals surface area contributed by atoms with Gasteiger partial charge in [0.2, 0.25) is 29.5 Å². The van der Waals surface area contributed by atoms with Crippen LogP contribution in [-0.4, -0.2) is 114 Å². The molecule has 5 amide bonds. The Morgan fingerprint density at radius 1 is 0.896 bits per heavy atom. The molecule has 6 aliphatic rings. The molecule has 0 spiro atoms. The van der Waals surface area contributed by atoms with Crippen molar-refractivity contribution in [1.82, 2.24) is 41.0 Å². The van der Waals surface area contributed by atoms with Crippen LogP contribution < -0.4 is 21.3 Å². The Kier molecular flexibility index (Phi) is 18.4. The summed E-state index contributed by atoms with van der Waals surface area (Å²) in [4.78, 5) is 77.7. The van der Waals surface area contributed by atoms with E-state index in [0.29, 0.717) is 88.3 Å². The Balaban J connectivity index is 0.631. The zero-order valence-corrected chi connectivity index (χ0v) is 46.3. The van der Waals surface area contributed by atoms with Crippen molar-refractivity contribution in [2.45, 2.75) is 147 Å². The van der Waals surface area contributed by atoms with Gasteiger partial charge in [0.15, 0.2) is 0 Å². The quantitative estimate of drug-likeness (QED) is 0.0771. The Morgan fingerprint density at radius 3 is 2.35 bits per heavy atom. The minimum absolute atomic E-state index is 0.00495. The predicted octanol–water partition coefficient (Wildman–Crippen LogP) is 7.73. The van der Waals surface area contributed by atoms with E-state index in [0.717, 1.165) is 61.4 Å². The highest BCUT2D eigenvalue weighted by molar-refractivity contribution is 9.10. The van der Waals surface area contributed by atoms with Crippen molar-refractivity contribution in [3.8, 4) is 0 Å². The zero-order chi connectivity index (χ0) is 54.4. The standard InChI is InChI=1S/C58H76BrF3N8O7/c1-35(2)57(18-14-43(30-57)66-49-13-10-38-25-42(59)11-12-45(38)49)56(75)70-22-16-48-41(32-70)28-47(58(60,61)62)50(68-48)15-20-64-54(73)40-26-44(27-40)67-51(71)17-23-76-33-36-6-8-37(9-7-36)34-77-24-21-65-55(74)46-29-52(72)69(3)53(46)39-5-4-19-63-31-39/h4-5,11-12,19,25,28,31,35-37,40,43-44,46,49,53,66H,6-10,13-18,20-24,26-27,29-30,32-34H2,1-3H3,(H,64,73)(H,65,74)(H,67,71)/t36?,37?,40?,43-,44?,46+,49-,53-,57+/m1/s1. The fourth-order valence-corrected chi connectivity index (χ4v) is 13.5. The van der Waals surface area contributed by atoms with Crippen molar-refractivity contribution >= 4 is 45.5 Å². The van der Waals surface area contributed by atoms with Crippen LogP contribution >= 0.6 is 15.9 Å². The molecule has 2 aliphatic heterocycles. The van der Waals surface area contributed by atoms with Gasteiger partial charge in [-0.2, -0.15) is 13.2 Å². The van der Waals surface area contributed by atoms with Gasteiger partial charge in [0.1, 0.15) is 0 Å². The highest BCUT2D eigenvalue weighted by atomic mass is 79.9. The monoisotopic (exact) mass is 1130 g/mol. The number of hydrogen-bond acceptors (Lipinski definition) is 10. The first-order valence-electron chi connectivity index (χ1n) is 28.0. The summed E-state index contributed by atoms with van der Waals surface area (Å²) in [6.07, 6.45) is 8.59. The number of alkyl halides is 3. The summed E-state index contributed by atoms with van der Waals surface area (Å²) >= 11 is 3.58. The summed E-state index contributed by atoms with van der Waals surface area (Å²) < 4.78 is 56.7. The minimum Gasteiger partial charge on any atom is -0.381 e. The molecular weight excluding hydrogens is 1060 g/mol. The first-order valence-corrected chi connectivity index (χ1v) is 28.8. The molecule has 4 aliphatic carbocycles. The van der Waals surface area contributed by atoms with Gasteiger partial charge in [-0.25, -0.2) is 0 Å². The number of carbonyl (C=O) groups is 5. The van der Waals surface area contributed by atoms with Crippen LogP contribution in [0.15, 0.2) is 53.3 Å². The molecule has 3 saturated carbocycles. The van der Waals surface area contributed by atoms with Gasteiger partial charge in [0.05, 0.1) is 41.8 Å². The van der Waals surface area contributed by atoms with Crippen LogP contribution in [-0.2, 0) is 65.4 Å². The van der Waals surface area contributed by atoms with E-state index in [9.17, 15) is 37.1 Å². The average Bonchev–Trinajstić information content (AvgIpc) is 4.15. The topological polar surface area (TPSA) is 184 Å². The molecule has 1 aromatic carbocycles. The molecule has 4 N–H and O–H groups in total. The number of benzene rings is 1. The van der Waals surface area contributed by atoms with Crippen molar-refractivity contribution < 1.29 is 46.6 Å². The number of aromatic nitrogens is 2. The largest absolute Gasteiger partial charge is 0.418 e. The summed E-state index contributed by atoms with van der Waals surface area (Å²) in [5, 5.41) is 12.6. The summed E-state index contributed by atoms with van der Waals surface area (Å²) in [6.45, 7) is 6.89. The lowest BCUT2D eigenvalue weighted by molar-refractivity contribution is -0.146. The Bertz CT molecular complexity index is 2600. The van der Waals surface area contributed by atoms with E-state index in [1.54, 1.807) is 35.3 Å². The number of nitrogens with one attached hydrogen (secondary N) is 4. The molecular formula is C58H76BrF3N8O7. The van der Waals surface area contributed by atoms with Gasteiger partial charge < -0.3 is 40.5 Å². The van der Waals surface area contributed by atoms with Crippen LogP contribution in [0.3, 0.4) is 0 Å². The Hall–Kier alpha value is -4.98. The zero-order valence-electron chi connectivity index (χ0n) is 44.7. The smallest absolute Gasteiger partial charge is 0.381 e. The molecule has 4 fully saturated rings. The first-order chi connectivity index (χ1) is 36.9. The third-order valence-corrected chi connectivity index (χ3v) is 18.2. The predicted molar refractivity (Wildman–Crippen MR) is 286 cm³/mol. The van der Waals surface area contributed by atoms with Gasteiger partial charge in [-0.15, -0.1) is 0 Å². The second-order valence-electron chi connectivity index (χ2n) is 23.0. The highest BCUT2D eigenvalue weighted by Crippen LogP contribution is 2.48. The van der Waals surface area contributed by atoms with Crippen LogP contribution in [0.5, 0.6) is 0 Å². The van der Waals surface area contributed by atoms with Crippen molar-refractivity contribution in [1.29, 1.82) is 0 Å². The van der Waals surface area contributed by atoms with Crippen LogP contribution in [0, 0.1) is 35.0 Å². The van der Waals surface area contributed by atoms with E-state index in [1.807, 2.05) is 6.07 Å². The van der Waals surface area contributed by atoms with Crippen LogP contribution in [0.1, 0.15) is 142 Å². The van der Waals surface area contributed by atoms with Gasteiger partial charge in [-0.1, -0.05) is 41.9 Å². The number of halogens is 4. The summed E-state index contributed by atoms with van der Waals surface area (Å²) in [5.74, 6) is -0.531. The lowest BCUT2D eigenvalue weighted by atomic mass is 9.74. The number of ether oxygens (including phenoxy) is 2. The number of carbonyl (C=O) groups excluding carboxylic acids is 5. The second kappa shape index (κ2) is 25.0. The van der Waals surface area contributed by atoms with Crippen LogP contribution in [0.4, 0.5) is 13.2 Å². The SMILES string of the molecule is CC(C)[C@]1(C(=O)N2CCc3nc(CCNC(=O)C4CC(NC(=O)CCOCC5CCC(COCCNC(=O)[C@H]6CC(=O)N(C)[C@@H]6c6cccnc6)CC5)C4)c(C(F)(F)F)cc3C2)CC[C@@H](N[C@@H]2CCc3cc(Br)ccc32)C1. The molecule has 0 radical (unpaired) electrons. The fraction of sp³-hybridized carbons (Fsp3) is 0.638. The molecule has 77 heavy (non-hydrogen) atoms. The third kappa shape index (κ3) is 13.5. The summed E-state index contributed by atoms with van der Waals surface area (Å²) in [6, 6.07) is 11.2. The molecule has 3 aromatic rings. The van der Waals surface area contributed by atoms with Crippen molar-refractivity contribution in [3.05, 3.63) is 92.5 Å². The lowest BCUT2D eigenvalue weighted by Gasteiger charge is -2.40. The molecule has 9 rings (SSSR count). The van der Waals surface area contributed by atoms with Gasteiger partial charge >= 0.3 is 6.18 Å². The summed E-state index contributed by atoms with van der Waals surface area (Å²) in [5.41, 5.74) is 2.93. The molecule has 0 bridgehead atoms. The number of fused-ring (bicyclic) bond motifs is 2. The van der Waals surface area contributed by atoms with Crippen LogP contribution in [0.25, 0.3) is 0 Å². The maximum absolute atomic E-state index is 14.6. The molecule has 15 nitrogen and oxygen atoms in total. The number of pyridine rings is 2. The van der Waals surface area contributed by atoms with Gasteiger partial charge in [0, 0.05) is 119 Å². The van der Waals surface area contributed by atoms with Crippen molar-refractivity contribution in [2.24, 2.45) is 35.0 Å². The number of amides is 5. The van der Waals surface area contributed by atoms with Crippen molar-refractivity contribution in [3.63, 3.8) is 0 Å². The Labute approximate surface area is 458 Å². The normalized spacial score (nSPS) is 27.0.